The molecule has 0 aliphatic carbocycles. The maximum Gasteiger partial charge on any atom is 0.269 e. The Morgan fingerprint density at radius 2 is 1.94 bits per heavy atom. The third-order valence-corrected chi connectivity index (χ3v) is 6.83. The molecule has 0 radical (unpaired) electrons. The topological polar surface area (TPSA) is 105 Å². The molecule has 2 saturated heterocycles. The maximum absolute atomic E-state index is 13.8. The van der Waals surface area contributed by atoms with Gasteiger partial charge in [0.25, 0.3) is 5.69 Å². The SMILES string of the molecule is C[C@@H]1CN(C(=O)[C@@H]2Cc3cc([N+](=O)[O-])ccc3N3CCN(c4cnccn4)C[C@@H]23)C[C@@H](C)O1. The van der Waals surface area contributed by atoms with Crippen molar-refractivity contribution in [2.45, 2.75) is 38.5 Å². The number of hydrogen-bond donors (Lipinski definition) is 0. The molecule has 3 aliphatic rings. The molecule has 0 spiro atoms. The maximum atomic E-state index is 13.8. The van der Waals surface area contributed by atoms with Crippen LogP contribution in [0.1, 0.15) is 19.4 Å². The van der Waals surface area contributed by atoms with Crippen molar-refractivity contribution in [3.8, 4) is 0 Å². The zero-order valence-electron chi connectivity index (χ0n) is 18.8. The van der Waals surface area contributed by atoms with Crippen molar-refractivity contribution in [3.63, 3.8) is 0 Å². The lowest BCUT2D eigenvalue weighted by Crippen LogP contribution is -2.62. The van der Waals surface area contributed by atoms with Crippen LogP contribution in [0.4, 0.5) is 17.2 Å². The summed E-state index contributed by atoms with van der Waals surface area (Å²) < 4.78 is 5.83. The lowest BCUT2D eigenvalue weighted by Gasteiger charge is -2.50. The minimum atomic E-state index is -0.374. The fourth-order valence-electron chi connectivity index (χ4n) is 5.46. The number of nitro groups is 1. The van der Waals surface area contributed by atoms with E-state index in [1.807, 2.05) is 24.8 Å². The molecule has 0 N–H and O–H groups in total. The standard InChI is InChI=1S/C23H28N6O4/c1-15-12-27(13-16(2)33-15)23(30)19-10-17-9-18(29(31)32)3-4-20(17)28-8-7-26(14-21(19)28)22-11-24-5-6-25-22/h3-6,9,11,15-16,19,21H,7-8,10,12-14H2,1-2H3/t15-,16-,19-,21+/m1/s1. The van der Waals surface area contributed by atoms with E-state index < -0.39 is 0 Å². The zero-order valence-corrected chi connectivity index (χ0v) is 18.8. The van der Waals surface area contributed by atoms with E-state index in [0.29, 0.717) is 32.6 Å². The molecule has 33 heavy (non-hydrogen) atoms. The van der Waals surface area contributed by atoms with Crippen molar-refractivity contribution < 1.29 is 14.5 Å². The van der Waals surface area contributed by atoms with Crippen LogP contribution in [0.25, 0.3) is 0 Å². The third-order valence-electron chi connectivity index (χ3n) is 6.83. The number of carbonyl (C=O) groups excluding carboxylic acids is 1. The predicted molar refractivity (Wildman–Crippen MR) is 122 cm³/mol. The number of nitro benzene ring substituents is 1. The molecular formula is C23H28N6O4. The first kappa shape index (κ1) is 21.6. The Morgan fingerprint density at radius 1 is 1.15 bits per heavy atom. The van der Waals surface area contributed by atoms with Crippen LogP contribution in [0.3, 0.4) is 0 Å². The highest BCUT2D eigenvalue weighted by Crippen LogP contribution is 2.39. The average Bonchev–Trinajstić information content (AvgIpc) is 2.82. The second-order valence-electron chi connectivity index (χ2n) is 9.15. The van der Waals surface area contributed by atoms with E-state index in [2.05, 4.69) is 19.8 Å². The summed E-state index contributed by atoms with van der Waals surface area (Å²) in [6, 6.07) is 4.96. The summed E-state index contributed by atoms with van der Waals surface area (Å²) in [4.78, 5) is 39.8. The van der Waals surface area contributed by atoms with Gasteiger partial charge in [0.15, 0.2) is 0 Å². The average molecular weight is 453 g/mol. The molecule has 2 aromatic rings. The molecule has 174 valence electrons. The minimum absolute atomic E-state index is 0.0202. The number of aromatic nitrogens is 2. The summed E-state index contributed by atoms with van der Waals surface area (Å²) in [6.45, 7) is 7.16. The number of carbonyl (C=O) groups is 1. The number of benzene rings is 1. The monoisotopic (exact) mass is 452 g/mol. The summed E-state index contributed by atoms with van der Waals surface area (Å²) in [6.07, 6.45) is 5.51. The molecule has 0 unspecified atom stereocenters. The van der Waals surface area contributed by atoms with E-state index in [4.69, 9.17) is 4.74 Å². The fourth-order valence-corrected chi connectivity index (χ4v) is 5.46. The van der Waals surface area contributed by atoms with Gasteiger partial charge in [0.2, 0.25) is 5.91 Å². The van der Waals surface area contributed by atoms with E-state index in [-0.39, 0.29) is 40.7 Å². The van der Waals surface area contributed by atoms with E-state index in [1.54, 1.807) is 30.7 Å². The van der Waals surface area contributed by atoms with Crippen molar-refractivity contribution in [1.82, 2.24) is 14.9 Å². The van der Waals surface area contributed by atoms with Gasteiger partial charge in [0.1, 0.15) is 5.82 Å². The van der Waals surface area contributed by atoms with Gasteiger partial charge in [-0.15, -0.1) is 0 Å². The second-order valence-corrected chi connectivity index (χ2v) is 9.15. The lowest BCUT2D eigenvalue weighted by molar-refractivity contribution is -0.384. The number of fused-ring (bicyclic) bond motifs is 3. The van der Waals surface area contributed by atoms with Crippen molar-refractivity contribution in [1.29, 1.82) is 0 Å². The van der Waals surface area contributed by atoms with Gasteiger partial charge in [-0.1, -0.05) is 0 Å². The number of piperazine rings is 1. The normalized spacial score (nSPS) is 27.0. The smallest absolute Gasteiger partial charge is 0.269 e. The third kappa shape index (κ3) is 4.10. The number of non-ortho nitro benzene ring substituents is 1. The zero-order chi connectivity index (χ0) is 23.1. The van der Waals surface area contributed by atoms with Gasteiger partial charge in [-0.05, 0) is 31.9 Å². The highest BCUT2D eigenvalue weighted by molar-refractivity contribution is 5.83. The van der Waals surface area contributed by atoms with Gasteiger partial charge in [-0.3, -0.25) is 19.9 Å². The first-order chi connectivity index (χ1) is 15.9. The van der Waals surface area contributed by atoms with Crippen LogP contribution in [-0.4, -0.2) is 76.7 Å². The first-order valence-corrected chi connectivity index (χ1v) is 11.4. The van der Waals surface area contributed by atoms with Crippen LogP contribution in [0, 0.1) is 16.0 Å². The number of ether oxygens (including phenoxy) is 1. The van der Waals surface area contributed by atoms with Gasteiger partial charge in [0, 0.05) is 62.9 Å². The van der Waals surface area contributed by atoms with Gasteiger partial charge in [-0.2, -0.15) is 0 Å². The van der Waals surface area contributed by atoms with Crippen LogP contribution in [0.2, 0.25) is 0 Å². The molecule has 10 heteroatoms. The predicted octanol–water partition coefficient (Wildman–Crippen LogP) is 1.89. The Balaban J connectivity index is 1.49. The van der Waals surface area contributed by atoms with Crippen molar-refractivity contribution >= 4 is 23.1 Å². The molecule has 4 heterocycles. The molecule has 1 aromatic heterocycles. The largest absolute Gasteiger partial charge is 0.372 e. The Labute approximate surface area is 192 Å². The Morgan fingerprint density at radius 3 is 2.64 bits per heavy atom. The summed E-state index contributed by atoms with van der Waals surface area (Å²) in [5.41, 5.74) is 1.91. The van der Waals surface area contributed by atoms with Crippen molar-refractivity contribution in [2.75, 3.05) is 42.5 Å². The number of rotatable bonds is 3. The number of amides is 1. The quantitative estimate of drug-likeness (QED) is 0.514. The summed E-state index contributed by atoms with van der Waals surface area (Å²) >= 11 is 0. The number of hydrogen-bond acceptors (Lipinski definition) is 8. The van der Waals surface area contributed by atoms with Crippen LogP contribution in [0.5, 0.6) is 0 Å². The molecule has 0 saturated carbocycles. The van der Waals surface area contributed by atoms with Crippen LogP contribution in [0.15, 0.2) is 36.8 Å². The number of nitrogens with zero attached hydrogens (tertiary/aromatic N) is 6. The number of anilines is 2. The molecule has 4 atom stereocenters. The molecule has 10 nitrogen and oxygen atoms in total. The van der Waals surface area contributed by atoms with Gasteiger partial charge in [-0.25, -0.2) is 4.98 Å². The van der Waals surface area contributed by atoms with Gasteiger partial charge >= 0.3 is 0 Å². The molecule has 1 aromatic carbocycles. The minimum Gasteiger partial charge on any atom is -0.372 e. The summed E-state index contributed by atoms with van der Waals surface area (Å²) in [5.74, 6) is 0.577. The van der Waals surface area contributed by atoms with Crippen LogP contribution in [-0.2, 0) is 16.0 Å². The first-order valence-electron chi connectivity index (χ1n) is 11.4. The molecule has 2 fully saturated rings. The molecule has 0 bridgehead atoms. The van der Waals surface area contributed by atoms with E-state index in [0.717, 1.165) is 23.6 Å². The lowest BCUT2D eigenvalue weighted by atomic mass is 9.82. The molecule has 1 amide bonds. The van der Waals surface area contributed by atoms with Gasteiger partial charge in [0.05, 0.1) is 35.3 Å². The summed E-state index contributed by atoms with van der Waals surface area (Å²) in [5, 5.41) is 11.4. The molecular weight excluding hydrogens is 424 g/mol. The molecule has 3 aliphatic heterocycles. The van der Waals surface area contributed by atoms with Crippen LogP contribution >= 0.6 is 0 Å². The fraction of sp³-hybridized carbons (Fsp3) is 0.522. The van der Waals surface area contributed by atoms with E-state index in [9.17, 15) is 14.9 Å². The Bertz CT molecular complexity index is 1040. The van der Waals surface area contributed by atoms with E-state index in [1.165, 1.54) is 0 Å². The number of morpholine rings is 1. The highest BCUT2D eigenvalue weighted by atomic mass is 16.6. The van der Waals surface area contributed by atoms with Gasteiger partial charge < -0.3 is 19.4 Å². The van der Waals surface area contributed by atoms with E-state index >= 15 is 0 Å². The van der Waals surface area contributed by atoms with Crippen molar-refractivity contribution in [3.05, 3.63) is 52.5 Å². The highest BCUT2D eigenvalue weighted by Gasteiger charge is 2.44. The summed E-state index contributed by atoms with van der Waals surface area (Å²) in [7, 11) is 0. The Kier molecular flexibility index (Phi) is 5.61. The molecule has 5 rings (SSSR count). The van der Waals surface area contributed by atoms with Crippen LogP contribution < -0.4 is 9.80 Å². The van der Waals surface area contributed by atoms with Crippen molar-refractivity contribution in [2.24, 2.45) is 5.92 Å². The second kappa shape index (κ2) is 8.58. The Hall–Kier alpha value is -3.27.